The van der Waals surface area contributed by atoms with Crippen LogP contribution in [0, 0.1) is 17.8 Å². The van der Waals surface area contributed by atoms with Gasteiger partial charge in [-0.2, -0.15) is 0 Å². The topological polar surface area (TPSA) is 43.4 Å². The van der Waals surface area contributed by atoms with Crippen LogP contribution < -0.4 is 0 Å². The third-order valence-corrected chi connectivity index (χ3v) is 4.76. The molecule has 3 nitrogen and oxygen atoms in total. The number of ether oxygens (including phenoxy) is 1. The highest BCUT2D eigenvalue weighted by Gasteiger charge is 2.49. The van der Waals surface area contributed by atoms with Crippen LogP contribution in [0.25, 0.3) is 0 Å². The molecule has 2 aliphatic carbocycles. The van der Waals surface area contributed by atoms with Gasteiger partial charge in [-0.05, 0) is 37.7 Å². The fourth-order valence-electron chi connectivity index (χ4n) is 3.72. The molecule has 1 heterocycles. The van der Waals surface area contributed by atoms with Gasteiger partial charge < -0.3 is 4.74 Å². The van der Waals surface area contributed by atoms with Crippen molar-refractivity contribution in [3.05, 3.63) is 22.8 Å². The van der Waals surface area contributed by atoms with Crippen LogP contribution in [0.4, 0.5) is 0 Å². The normalized spacial score (nSPS) is 39.2. The SMILES string of the molecule is CC1=CCC2C(C)CC(=O)C3=C(C)C(=O)OC1C32. The molecular weight excluding hydrogens is 228 g/mol. The molecule has 3 rings (SSSR count). The van der Waals surface area contributed by atoms with E-state index < -0.39 is 0 Å². The van der Waals surface area contributed by atoms with E-state index in [2.05, 4.69) is 13.0 Å². The molecule has 0 N–H and O–H groups in total. The summed E-state index contributed by atoms with van der Waals surface area (Å²) >= 11 is 0. The molecule has 0 saturated heterocycles. The summed E-state index contributed by atoms with van der Waals surface area (Å²) in [5.41, 5.74) is 2.39. The Morgan fingerprint density at radius 1 is 1.28 bits per heavy atom. The lowest BCUT2D eigenvalue weighted by Gasteiger charge is -2.46. The fraction of sp³-hybridized carbons (Fsp3) is 0.600. The van der Waals surface area contributed by atoms with Crippen molar-refractivity contribution in [2.45, 2.75) is 39.7 Å². The van der Waals surface area contributed by atoms with Crippen molar-refractivity contribution >= 4 is 11.8 Å². The van der Waals surface area contributed by atoms with E-state index in [9.17, 15) is 9.59 Å². The predicted octanol–water partition coefficient (Wildman–Crippen LogP) is 2.42. The number of carbonyl (C=O) groups is 2. The van der Waals surface area contributed by atoms with Crippen molar-refractivity contribution in [3.8, 4) is 0 Å². The van der Waals surface area contributed by atoms with Gasteiger partial charge in [0.05, 0.1) is 0 Å². The highest BCUT2D eigenvalue weighted by Crippen LogP contribution is 2.48. The number of allylic oxidation sites excluding steroid dienone is 1. The average molecular weight is 246 g/mol. The summed E-state index contributed by atoms with van der Waals surface area (Å²) in [5.74, 6) is 0.751. The lowest BCUT2D eigenvalue weighted by molar-refractivity contribution is -0.150. The summed E-state index contributed by atoms with van der Waals surface area (Å²) in [6.07, 6.45) is 3.53. The van der Waals surface area contributed by atoms with Crippen LogP contribution >= 0.6 is 0 Å². The van der Waals surface area contributed by atoms with E-state index >= 15 is 0 Å². The summed E-state index contributed by atoms with van der Waals surface area (Å²) in [7, 11) is 0. The lowest BCUT2D eigenvalue weighted by Crippen LogP contribution is -2.48. The zero-order chi connectivity index (χ0) is 13.0. The second-order valence-electron chi connectivity index (χ2n) is 5.84. The number of rotatable bonds is 0. The Balaban J connectivity index is 2.16. The van der Waals surface area contributed by atoms with Gasteiger partial charge in [-0.3, -0.25) is 4.79 Å². The minimum absolute atomic E-state index is 0.101. The van der Waals surface area contributed by atoms with Crippen molar-refractivity contribution in [1.29, 1.82) is 0 Å². The molecule has 1 saturated carbocycles. The van der Waals surface area contributed by atoms with Gasteiger partial charge in [0, 0.05) is 23.5 Å². The highest BCUT2D eigenvalue weighted by molar-refractivity contribution is 6.06. The number of carbonyl (C=O) groups excluding carboxylic acids is 2. The van der Waals surface area contributed by atoms with E-state index in [1.54, 1.807) is 6.92 Å². The summed E-state index contributed by atoms with van der Waals surface area (Å²) in [6, 6.07) is 0. The zero-order valence-corrected chi connectivity index (χ0v) is 11.0. The first-order chi connectivity index (χ1) is 8.50. The molecule has 0 bridgehead atoms. The molecule has 0 aromatic carbocycles. The first kappa shape index (κ1) is 11.7. The second-order valence-corrected chi connectivity index (χ2v) is 5.84. The van der Waals surface area contributed by atoms with Crippen LogP contribution in [0.1, 0.15) is 33.6 Å². The van der Waals surface area contributed by atoms with Crippen LogP contribution in [0.5, 0.6) is 0 Å². The molecule has 4 atom stereocenters. The molecule has 0 amide bonds. The molecule has 0 aromatic rings. The van der Waals surface area contributed by atoms with Crippen molar-refractivity contribution in [3.63, 3.8) is 0 Å². The Bertz CT molecular complexity index is 498. The van der Waals surface area contributed by atoms with Gasteiger partial charge in [0.15, 0.2) is 5.78 Å². The molecular formula is C15H18O3. The minimum Gasteiger partial charge on any atom is -0.454 e. The first-order valence-electron chi connectivity index (χ1n) is 6.62. The van der Waals surface area contributed by atoms with Gasteiger partial charge in [0.2, 0.25) is 0 Å². The van der Waals surface area contributed by atoms with Crippen LogP contribution in [0.2, 0.25) is 0 Å². The van der Waals surface area contributed by atoms with Crippen LogP contribution in [0.15, 0.2) is 22.8 Å². The van der Waals surface area contributed by atoms with Crippen LogP contribution in [-0.2, 0) is 14.3 Å². The standard InChI is InChI=1S/C15H18O3/c1-7-4-5-10-8(2)6-11(16)12-9(3)15(17)18-14(7)13(10)12/h4,8,10,13-14H,5-6H2,1-3H3. The Labute approximate surface area is 107 Å². The Kier molecular flexibility index (Phi) is 2.47. The Hall–Kier alpha value is -1.38. The predicted molar refractivity (Wildman–Crippen MR) is 66.7 cm³/mol. The molecule has 0 radical (unpaired) electrons. The van der Waals surface area contributed by atoms with Gasteiger partial charge in [0.25, 0.3) is 0 Å². The van der Waals surface area contributed by atoms with Crippen molar-refractivity contribution in [1.82, 2.24) is 0 Å². The number of hydrogen-bond donors (Lipinski definition) is 0. The largest absolute Gasteiger partial charge is 0.454 e. The van der Waals surface area contributed by atoms with Gasteiger partial charge in [-0.25, -0.2) is 4.79 Å². The molecule has 3 aliphatic rings. The quantitative estimate of drug-likeness (QED) is 0.487. The Morgan fingerprint density at radius 3 is 2.72 bits per heavy atom. The average Bonchev–Trinajstić information content (AvgIpc) is 2.31. The van der Waals surface area contributed by atoms with Crippen molar-refractivity contribution in [2.24, 2.45) is 17.8 Å². The number of Topliss-reactive ketones (excluding diaryl/α,β-unsaturated/α-hetero) is 1. The molecule has 1 fully saturated rings. The number of ketones is 1. The van der Waals surface area contributed by atoms with E-state index in [0.717, 1.165) is 17.6 Å². The third kappa shape index (κ3) is 1.43. The zero-order valence-electron chi connectivity index (χ0n) is 11.0. The van der Waals surface area contributed by atoms with Crippen LogP contribution in [-0.4, -0.2) is 17.9 Å². The van der Waals surface area contributed by atoms with E-state index in [1.807, 2.05) is 6.92 Å². The maximum atomic E-state index is 12.2. The van der Waals surface area contributed by atoms with E-state index in [1.165, 1.54) is 0 Å². The van der Waals surface area contributed by atoms with Gasteiger partial charge in [-0.1, -0.05) is 13.0 Å². The Morgan fingerprint density at radius 2 is 2.00 bits per heavy atom. The summed E-state index contributed by atoms with van der Waals surface area (Å²) in [4.78, 5) is 24.1. The molecule has 3 heteroatoms. The lowest BCUT2D eigenvalue weighted by atomic mass is 9.61. The molecule has 96 valence electrons. The van der Waals surface area contributed by atoms with Gasteiger partial charge in [0.1, 0.15) is 6.10 Å². The van der Waals surface area contributed by atoms with E-state index in [4.69, 9.17) is 4.74 Å². The molecule has 4 unspecified atom stereocenters. The monoisotopic (exact) mass is 246 g/mol. The maximum absolute atomic E-state index is 12.2. The summed E-state index contributed by atoms with van der Waals surface area (Å²) in [5, 5.41) is 0. The van der Waals surface area contributed by atoms with Crippen LogP contribution in [0.3, 0.4) is 0 Å². The van der Waals surface area contributed by atoms with Gasteiger partial charge >= 0.3 is 5.97 Å². The highest BCUT2D eigenvalue weighted by atomic mass is 16.5. The smallest absolute Gasteiger partial charge is 0.334 e. The maximum Gasteiger partial charge on any atom is 0.334 e. The van der Waals surface area contributed by atoms with Crippen molar-refractivity contribution < 1.29 is 14.3 Å². The third-order valence-electron chi connectivity index (χ3n) is 4.76. The van der Waals surface area contributed by atoms with Crippen molar-refractivity contribution in [2.75, 3.05) is 0 Å². The molecule has 1 aliphatic heterocycles. The van der Waals surface area contributed by atoms with Gasteiger partial charge in [-0.15, -0.1) is 0 Å². The van der Waals surface area contributed by atoms with E-state index in [-0.39, 0.29) is 23.8 Å². The fourth-order valence-corrected chi connectivity index (χ4v) is 3.72. The number of esters is 1. The minimum atomic E-state index is -0.317. The molecule has 0 spiro atoms. The number of hydrogen-bond acceptors (Lipinski definition) is 3. The molecule has 18 heavy (non-hydrogen) atoms. The summed E-state index contributed by atoms with van der Waals surface area (Å²) in [6.45, 7) is 5.86. The summed E-state index contributed by atoms with van der Waals surface area (Å²) < 4.78 is 5.53. The van der Waals surface area contributed by atoms with E-state index in [0.29, 0.717) is 23.8 Å². The second kappa shape index (κ2) is 3.81. The first-order valence-corrected chi connectivity index (χ1v) is 6.62. The molecule has 0 aromatic heterocycles.